The predicted molar refractivity (Wildman–Crippen MR) is 127 cm³/mol. The summed E-state index contributed by atoms with van der Waals surface area (Å²) in [5.41, 5.74) is 2.06. The van der Waals surface area contributed by atoms with Crippen LogP contribution in [0.5, 0.6) is 5.75 Å². The highest BCUT2D eigenvalue weighted by Gasteiger charge is 2.42. The van der Waals surface area contributed by atoms with Crippen LogP contribution in [-0.4, -0.2) is 53.9 Å². The lowest BCUT2D eigenvalue weighted by atomic mass is 9.98. The zero-order chi connectivity index (χ0) is 22.9. The van der Waals surface area contributed by atoms with Gasteiger partial charge in [0.15, 0.2) is 0 Å². The van der Waals surface area contributed by atoms with Crippen LogP contribution in [0, 0.1) is 12.8 Å². The molecule has 1 aromatic heterocycles. The van der Waals surface area contributed by atoms with Crippen molar-refractivity contribution in [1.82, 2.24) is 9.80 Å². The fourth-order valence-electron chi connectivity index (χ4n) is 5.33. The van der Waals surface area contributed by atoms with Gasteiger partial charge in [-0.25, -0.2) is 0 Å². The second-order valence-corrected chi connectivity index (χ2v) is 9.07. The van der Waals surface area contributed by atoms with Gasteiger partial charge in [0.1, 0.15) is 17.1 Å². The van der Waals surface area contributed by atoms with Crippen LogP contribution in [0.25, 0.3) is 11.0 Å². The average molecular weight is 447 g/mol. The summed E-state index contributed by atoms with van der Waals surface area (Å²) in [7, 11) is 0. The van der Waals surface area contributed by atoms with Gasteiger partial charge in [-0.15, -0.1) is 0 Å². The monoisotopic (exact) mass is 446 g/mol. The third-order valence-electron chi connectivity index (χ3n) is 6.88. The Hall–Kier alpha value is -3.28. The van der Waals surface area contributed by atoms with Gasteiger partial charge in [0.25, 0.3) is 11.8 Å². The molecule has 0 radical (unpaired) electrons. The molecule has 5 rings (SSSR count). The maximum atomic E-state index is 13.6. The number of nitrogens with zero attached hydrogens (tertiary/aromatic N) is 2. The molecule has 172 valence electrons. The Morgan fingerprint density at radius 3 is 2.76 bits per heavy atom. The van der Waals surface area contributed by atoms with Crippen molar-refractivity contribution in [3.05, 3.63) is 65.4 Å². The first-order chi connectivity index (χ1) is 16.0. The Kier molecular flexibility index (Phi) is 5.83. The largest absolute Gasteiger partial charge is 0.493 e. The highest BCUT2D eigenvalue weighted by atomic mass is 16.5. The Morgan fingerprint density at radius 1 is 1.06 bits per heavy atom. The van der Waals surface area contributed by atoms with E-state index >= 15 is 0 Å². The van der Waals surface area contributed by atoms with Crippen LogP contribution in [0.4, 0.5) is 0 Å². The van der Waals surface area contributed by atoms with Crippen molar-refractivity contribution >= 4 is 22.8 Å². The molecule has 2 aromatic carbocycles. The van der Waals surface area contributed by atoms with Crippen LogP contribution >= 0.6 is 0 Å². The smallest absolute Gasteiger partial charge is 0.257 e. The van der Waals surface area contributed by atoms with Crippen LogP contribution in [0.15, 0.2) is 52.9 Å². The van der Waals surface area contributed by atoms with Gasteiger partial charge in [-0.3, -0.25) is 9.59 Å². The number of hydrogen-bond donors (Lipinski definition) is 0. The summed E-state index contributed by atoms with van der Waals surface area (Å²) in [5, 5.41) is 0.941. The fourth-order valence-corrected chi connectivity index (χ4v) is 5.33. The van der Waals surface area contributed by atoms with Crippen molar-refractivity contribution in [2.45, 2.75) is 39.2 Å². The molecule has 6 heteroatoms. The van der Waals surface area contributed by atoms with Crippen molar-refractivity contribution in [1.29, 1.82) is 0 Å². The molecule has 33 heavy (non-hydrogen) atoms. The normalized spacial score (nSPS) is 20.5. The first kappa shape index (κ1) is 21.6. The number of benzene rings is 2. The molecular weight excluding hydrogens is 416 g/mol. The molecule has 0 unspecified atom stereocenters. The lowest BCUT2D eigenvalue weighted by molar-refractivity contribution is 0.0642. The number of likely N-dealkylation sites (tertiary alicyclic amines) is 2. The Balaban J connectivity index is 1.39. The Morgan fingerprint density at radius 2 is 1.91 bits per heavy atom. The number of para-hydroxylation sites is 1. The van der Waals surface area contributed by atoms with E-state index in [0.29, 0.717) is 49.0 Å². The summed E-state index contributed by atoms with van der Waals surface area (Å²) in [4.78, 5) is 30.9. The molecule has 2 fully saturated rings. The molecule has 0 bridgehead atoms. The van der Waals surface area contributed by atoms with Crippen LogP contribution in [-0.2, 0) is 0 Å². The molecule has 3 heterocycles. The van der Waals surface area contributed by atoms with E-state index < -0.39 is 0 Å². The van der Waals surface area contributed by atoms with Gasteiger partial charge in [0, 0.05) is 30.6 Å². The van der Waals surface area contributed by atoms with E-state index in [2.05, 4.69) is 0 Å². The number of ether oxygens (including phenoxy) is 1. The molecule has 2 atom stereocenters. The Labute approximate surface area is 194 Å². The number of hydrogen-bond acceptors (Lipinski definition) is 4. The molecule has 6 nitrogen and oxygen atoms in total. The van der Waals surface area contributed by atoms with Gasteiger partial charge >= 0.3 is 0 Å². The lowest BCUT2D eigenvalue weighted by Crippen LogP contribution is -2.44. The molecule has 0 N–H and O–H groups in total. The summed E-state index contributed by atoms with van der Waals surface area (Å²) < 4.78 is 11.4. The Bertz CT molecular complexity index is 1180. The van der Waals surface area contributed by atoms with Crippen LogP contribution in [0.3, 0.4) is 0 Å². The van der Waals surface area contributed by atoms with Crippen molar-refractivity contribution < 1.29 is 18.7 Å². The van der Waals surface area contributed by atoms with Gasteiger partial charge < -0.3 is 19.0 Å². The molecule has 2 saturated heterocycles. The van der Waals surface area contributed by atoms with Crippen molar-refractivity contribution in [3.8, 4) is 5.75 Å². The molecule has 2 amide bonds. The summed E-state index contributed by atoms with van der Waals surface area (Å²) >= 11 is 0. The van der Waals surface area contributed by atoms with E-state index in [4.69, 9.17) is 9.15 Å². The topological polar surface area (TPSA) is 63.0 Å². The number of fused-ring (bicyclic) bond motifs is 2. The van der Waals surface area contributed by atoms with E-state index in [1.54, 1.807) is 0 Å². The molecule has 3 aromatic rings. The van der Waals surface area contributed by atoms with Crippen molar-refractivity contribution in [2.24, 2.45) is 5.92 Å². The first-order valence-corrected chi connectivity index (χ1v) is 11.9. The molecule has 0 spiro atoms. The predicted octanol–water partition coefficient (Wildman–Crippen LogP) is 4.91. The number of furan rings is 1. The fraction of sp³-hybridized carbons (Fsp3) is 0.407. The van der Waals surface area contributed by atoms with Gasteiger partial charge in [0.05, 0.1) is 18.2 Å². The lowest BCUT2D eigenvalue weighted by Gasteiger charge is -2.30. The number of carbonyl (C=O) groups excluding carboxylic acids is 2. The standard InChI is InChI=1S/C27H30N2O4/c1-3-32-25-10-5-4-9-22(25)27(31)29-13-7-6-8-20-16-28(17-23(20)29)26(30)19-11-12-24-21(15-19)14-18(2)33-24/h4-5,9-12,14-15,20,23H,3,6-8,13,16-17H2,1-2H3/t20-,23+/m0/s1. The minimum absolute atomic E-state index is 0.000501. The summed E-state index contributed by atoms with van der Waals surface area (Å²) in [5.74, 6) is 1.77. The third kappa shape index (κ3) is 4.10. The number of rotatable bonds is 4. The minimum atomic E-state index is 0.000501. The van der Waals surface area contributed by atoms with E-state index in [1.807, 2.05) is 72.2 Å². The zero-order valence-electron chi connectivity index (χ0n) is 19.3. The van der Waals surface area contributed by atoms with Crippen LogP contribution in [0.1, 0.15) is 52.7 Å². The maximum absolute atomic E-state index is 13.6. The van der Waals surface area contributed by atoms with Gasteiger partial charge in [-0.05, 0) is 69.0 Å². The van der Waals surface area contributed by atoms with Gasteiger partial charge in [0.2, 0.25) is 0 Å². The highest BCUT2D eigenvalue weighted by molar-refractivity contribution is 5.99. The third-order valence-corrected chi connectivity index (χ3v) is 6.88. The maximum Gasteiger partial charge on any atom is 0.257 e. The number of aryl methyl sites for hydroxylation is 1. The molecular formula is C27H30N2O4. The van der Waals surface area contributed by atoms with Crippen LogP contribution < -0.4 is 4.74 Å². The second-order valence-electron chi connectivity index (χ2n) is 9.07. The SMILES string of the molecule is CCOc1ccccc1C(=O)N1CCCC[C@H]2CN(C(=O)c3ccc4oc(C)cc4c3)C[C@H]21. The molecule has 0 saturated carbocycles. The molecule has 2 aliphatic heterocycles. The van der Waals surface area contributed by atoms with Crippen molar-refractivity contribution in [3.63, 3.8) is 0 Å². The molecule has 2 aliphatic rings. The molecule has 0 aliphatic carbocycles. The van der Waals surface area contributed by atoms with Gasteiger partial charge in [-0.1, -0.05) is 18.6 Å². The van der Waals surface area contributed by atoms with E-state index in [-0.39, 0.29) is 17.9 Å². The van der Waals surface area contributed by atoms with Crippen molar-refractivity contribution in [2.75, 3.05) is 26.2 Å². The van der Waals surface area contributed by atoms with E-state index in [0.717, 1.165) is 36.0 Å². The van der Waals surface area contributed by atoms with E-state index in [9.17, 15) is 9.59 Å². The zero-order valence-corrected chi connectivity index (χ0v) is 19.3. The summed E-state index contributed by atoms with van der Waals surface area (Å²) in [6, 6.07) is 15.0. The van der Waals surface area contributed by atoms with Gasteiger partial charge in [-0.2, -0.15) is 0 Å². The summed E-state index contributed by atoms with van der Waals surface area (Å²) in [6.07, 6.45) is 3.09. The van der Waals surface area contributed by atoms with Crippen LogP contribution in [0.2, 0.25) is 0 Å². The highest BCUT2D eigenvalue weighted by Crippen LogP contribution is 2.33. The van der Waals surface area contributed by atoms with E-state index in [1.165, 1.54) is 0 Å². The number of carbonyl (C=O) groups is 2. The average Bonchev–Trinajstić information content (AvgIpc) is 3.35. The quantitative estimate of drug-likeness (QED) is 0.571. The summed E-state index contributed by atoms with van der Waals surface area (Å²) in [6.45, 7) is 6.30. The first-order valence-electron chi connectivity index (χ1n) is 11.9. The second kappa shape index (κ2) is 8.93. The minimum Gasteiger partial charge on any atom is -0.493 e. The number of amides is 2.